The molecule has 2 aromatic rings. The van der Waals surface area contributed by atoms with Crippen molar-refractivity contribution in [2.24, 2.45) is 0 Å². The van der Waals surface area contributed by atoms with Gasteiger partial charge < -0.3 is 10.4 Å². The second kappa shape index (κ2) is 7.09. The Morgan fingerprint density at radius 1 is 1.33 bits per heavy atom. The number of urea groups is 1. The molecule has 2 atom stereocenters. The summed E-state index contributed by atoms with van der Waals surface area (Å²) in [7, 11) is -1.73. The quantitative estimate of drug-likeness (QED) is 0.750. The van der Waals surface area contributed by atoms with Crippen molar-refractivity contribution in [1.29, 1.82) is 0 Å². The van der Waals surface area contributed by atoms with Crippen LogP contribution in [0.4, 0.5) is 10.5 Å². The Labute approximate surface area is 160 Å². The number of carbonyl (C=O) groups is 1. The van der Waals surface area contributed by atoms with Crippen LogP contribution in [-0.2, 0) is 30.2 Å². The lowest BCUT2D eigenvalue weighted by molar-refractivity contribution is 0.180. The van der Waals surface area contributed by atoms with Crippen molar-refractivity contribution in [3.63, 3.8) is 0 Å². The minimum atomic E-state index is -1.73. The number of anilines is 1. The summed E-state index contributed by atoms with van der Waals surface area (Å²) in [6, 6.07) is 3.38. The lowest BCUT2D eigenvalue weighted by Crippen LogP contribution is -2.31. The fraction of sp³-hybridized carbons (Fsp3) is 0.474. The summed E-state index contributed by atoms with van der Waals surface area (Å²) < 4.78 is 16.6. The first-order valence-electron chi connectivity index (χ1n) is 9.34. The molecule has 0 radical (unpaired) electrons. The van der Waals surface area contributed by atoms with Gasteiger partial charge in [0.25, 0.3) is 0 Å². The van der Waals surface area contributed by atoms with E-state index in [4.69, 9.17) is 0 Å². The van der Waals surface area contributed by atoms with Crippen LogP contribution in [0.1, 0.15) is 61.1 Å². The van der Waals surface area contributed by atoms with Crippen molar-refractivity contribution in [3.05, 3.63) is 40.6 Å². The third kappa shape index (κ3) is 3.39. The maximum absolute atomic E-state index is 12.5. The summed E-state index contributed by atoms with van der Waals surface area (Å²) in [6.07, 6.45) is 5.61. The number of aromatic nitrogens is 2. The van der Waals surface area contributed by atoms with Crippen molar-refractivity contribution < 1.29 is 14.1 Å². The molecule has 2 amide bonds. The predicted octanol–water partition coefficient (Wildman–Crippen LogP) is 2.78. The van der Waals surface area contributed by atoms with E-state index >= 15 is 0 Å². The highest BCUT2D eigenvalue weighted by molar-refractivity contribution is 7.83. The predicted molar refractivity (Wildman–Crippen MR) is 103 cm³/mol. The van der Waals surface area contributed by atoms with Gasteiger partial charge >= 0.3 is 6.03 Å². The molecule has 27 heavy (non-hydrogen) atoms. The molecular formula is C19H24N4O3S. The normalized spacial score (nSPS) is 19.0. The molecule has 0 bridgehead atoms. The van der Waals surface area contributed by atoms with Crippen molar-refractivity contribution in [1.82, 2.24) is 14.5 Å². The van der Waals surface area contributed by atoms with Crippen molar-refractivity contribution in [3.8, 4) is 0 Å². The lowest BCUT2D eigenvalue weighted by Gasteiger charge is -2.16. The van der Waals surface area contributed by atoms with Crippen LogP contribution in [0.3, 0.4) is 0 Å². The van der Waals surface area contributed by atoms with E-state index in [1.54, 1.807) is 16.9 Å². The first-order chi connectivity index (χ1) is 12.9. The van der Waals surface area contributed by atoms with Gasteiger partial charge in [-0.1, -0.05) is 6.07 Å². The van der Waals surface area contributed by atoms with Gasteiger partial charge in [0.1, 0.15) is 0 Å². The van der Waals surface area contributed by atoms with E-state index in [1.165, 1.54) is 5.56 Å². The topological polar surface area (TPSA) is 96.2 Å². The number of aliphatic hydroxyl groups is 1. The molecule has 0 saturated carbocycles. The molecule has 2 aliphatic rings. The summed E-state index contributed by atoms with van der Waals surface area (Å²) in [5, 5.41) is 17.7. The second-order valence-electron chi connectivity index (χ2n) is 7.42. The number of hydrogen-bond donors (Lipinski definition) is 3. The molecule has 4 rings (SSSR count). The fourth-order valence-electron chi connectivity index (χ4n) is 3.95. The van der Waals surface area contributed by atoms with Crippen LogP contribution in [0.25, 0.3) is 0 Å². The van der Waals surface area contributed by atoms with E-state index in [0.29, 0.717) is 11.4 Å². The number of amides is 2. The standard InChI is InChI=1S/C19H24N4O3S/c1-11(2)23-9-8-17(21-23)27(26)22-19(25)20-18-13-5-3-4-12(13)10-15-14(18)6-7-16(15)24/h8-11,16,24H,3-7H2,1-2H3,(H2,20,22,25). The van der Waals surface area contributed by atoms with E-state index in [-0.39, 0.29) is 6.04 Å². The Kier molecular flexibility index (Phi) is 4.77. The van der Waals surface area contributed by atoms with Gasteiger partial charge in [-0.25, -0.2) is 9.00 Å². The van der Waals surface area contributed by atoms with Gasteiger partial charge in [-0.15, -0.1) is 0 Å². The third-order valence-electron chi connectivity index (χ3n) is 5.30. The highest BCUT2D eigenvalue weighted by atomic mass is 32.2. The summed E-state index contributed by atoms with van der Waals surface area (Å²) in [6.45, 7) is 3.95. The van der Waals surface area contributed by atoms with Crippen LogP contribution in [0.15, 0.2) is 23.4 Å². The van der Waals surface area contributed by atoms with Gasteiger partial charge in [0.15, 0.2) is 16.0 Å². The zero-order valence-electron chi connectivity index (χ0n) is 15.5. The average Bonchev–Trinajstić information content (AvgIpc) is 3.34. The van der Waals surface area contributed by atoms with E-state index in [2.05, 4.69) is 21.2 Å². The van der Waals surface area contributed by atoms with E-state index in [0.717, 1.165) is 48.1 Å². The Bertz CT molecular complexity index is 922. The molecule has 8 heteroatoms. The van der Waals surface area contributed by atoms with Gasteiger partial charge in [-0.2, -0.15) is 5.10 Å². The molecule has 1 aromatic heterocycles. The van der Waals surface area contributed by atoms with Crippen molar-refractivity contribution in [2.75, 3.05) is 5.32 Å². The van der Waals surface area contributed by atoms with Gasteiger partial charge in [0, 0.05) is 17.9 Å². The smallest absolute Gasteiger partial charge is 0.331 e. The molecule has 0 saturated heterocycles. The SMILES string of the molecule is CC(C)n1ccc(S(=O)NC(=O)Nc2c3c(cc4c2CCC4O)CCC3)n1. The Morgan fingerprint density at radius 3 is 2.89 bits per heavy atom. The highest BCUT2D eigenvalue weighted by Crippen LogP contribution is 2.42. The molecule has 0 fully saturated rings. The molecule has 2 unspecified atom stereocenters. The molecule has 0 aliphatic heterocycles. The zero-order chi connectivity index (χ0) is 19.1. The van der Waals surface area contributed by atoms with Crippen LogP contribution in [0.5, 0.6) is 0 Å². The van der Waals surface area contributed by atoms with Crippen LogP contribution >= 0.6 is 0 Å². The number of benzene rings is 1. The van der Waals surface area contributed by atoms with Crippen molar-refractivity contribution >= 4 is 22.7 Å². The molecule has 144 valence electrons. The number of aryl methyl sites for hydroxylation is 1. The third-order valence-corrected chi connectivity index (χ3v) is 6.26. The Balaban J connectivity index is 1.53. The number of nitrogens with zero attached hydrogens (tertiary/aromatic N) is 2. The monoisotopic (exact) mass is 388 g/mol. The number of carbonyl (C=O) groups excluding carboxylic acids is 1. The molecule has 1 heterocycles. The summed E-state index contributed by atoms with van der Waals surface area (Å²) in [4.78, 5) is 12.5. The molecular weight excluding hydrogens is 364 g/mol. The number of aliphatic hydroxyl groups excluding tert-OH is 1. The number of fused-ring (bicyclic) bond motifs is 2. The number of hydrogen-bond acceptors (Lipinski definition) is 4. The second-order valence-corrected chi connectivity index (χ2v) is 8.58. The number of rotatable bonds is 4. The molecule has 3 N–H and O–H groups in total. The maximum atomic E-state index is 12.5. The first kappa shape index (κ1) is 18.2. The van der Waals surface area contributed by atoms with Crippen LogP contribution < -0.4 is 10.0 Å². The summed E-state index contributed by atoms with van der Waals surface area (Å²) in [5.41, 5.74) is 5.06. The molecule has 1 aromatic carbocycles. The zero-order valence-corrected chi connectivity index (χ0v) is 16.3. The largest absolute Gasteiger partial charge is 0.388 e. The molecule has 7 nitrogen and oxygen atoms in total. The summed E-state index contributed by atoms with van der Waals surface area (Å²) >= 11 is 0. The first-order valence-corrected chi connectivity index (χ1v) is 10.5. The number of nitrogens with one attached hydrogen (secondary N) is 2. The minimum absolute atomic E-state index is 0.158. The van der Waals surface area contributed by atoms with E-state index in [1.807, 2.05) is 13.8 Å². The van der Waals surface area contributed by atoms with Gasteiger partial charge in [-0.3, -0.25) is 9.40 Å². The molecule has 0 spiro atoms. The van der Waals surface area contributed by atoms with Gasteiger partial charge in [0.2, 0.25) is 0 Å². The Morgan fingerprint density at radius 2 is 2.15 bits per heavy atom. The van der Waals surface area contributed by atoms with Gasteiger partial charge in [0.05, 0.1) is 6.10 Å². The van der Waals surface area contributed by atoms with Crippen LogP contribution in [0, 0.1) is 0 Å². The highest BCUT2D eigenvalue weighted by Gasteiger charge is 2.29. The van der Waals surface area contributed by atoms with Crippen LogP contribution in [-0.4, -0.2) is 25.1 Å². The average molecular weight is 388 g/mol. The van der Waals surface area contributed by atoms with Crippen LogP contribution in [0.2, 0.25) is 0 Å². The Hall–Kier alpha value is -2.19. The maximum Gasteiger partial charge on any atom is 0.331 e. The summed E-state index contributed by atoms with van der Waals surface area (Å²) in [5.74, 6) is 0. The van der Waals surface area contributed by atoms with Gasteiger partial charge in [-0.05, 0) is 74.3 Å². The fourth-order valence-corrected chi connectivity index (χ4v) is 4.63. The van der Waals surface area contributed by atoms with Crippen molar-refractivity contribution in [2.45, 2.75) is 63.1 Å². The van der Waals surface area contributed by atoms with E-state index < -0.39 is 23.1 Å². The minimum Gasteiger partial charge on any atom is -0.388 e. The van der Waals surface area contributed by atoms with E-state index in [9.17, 15) is 14.1 Å². The molecule has 2 aliphatic carbocycles. The lowest BCUT2D eigenvalue weighted by atomic mass is 9.98.